The molecule has 188 valence electrons. The molecule has 2 N–H and O–H groups in total. The second kappa shape index (κ2) is 7.03. The van der Waals surface area contributed by atoms with Crippen LogP contribution in [-0.4, -0.2) is 57.5 Å². The van der Waals surface area contributed by atoms with E-state index in [1.165, 1.54) is 55.7 Å². The van der Waals surface area contributed by atoms with Crippen molar-refractivity contribution in [1.82, 2.24) is 14.8 Å². The Morgan fingerprint density at radius 2 is 1.94 bits per heavy atom. The summed E-state index contributed by atoms with van der Waals surface area (Å²) in [6, 6.07) is 8.93. The van der Waals surface area contributed by atoms with Crippen LogP contribution in [-0.2, 0) is 11.8 Å². The van der Waals surface area contributed by atoms with E-state index < -0.39 is 0 Å². The Kier molecular flexibility index (Phi) is 4.20. The van der Waals surface area contributed by atoms with Crippen molar-refractivity contribution in [3.63, 3.8) is 0 Å². The molecule has 1 spiro atoms. The highest BCUT2D eigenvalue weighted by molar-refractivity contribution is 5.94. The van der Waals surface area contributed by atoms with Crippen molar-refractivity contribution in [2.24, 2.45) is 16.7 Å². The van der Waals surface area contributed by atoms with E-state index in [0.29, 0.717) is 17.7 Å². The van der Waals surface area contributed by atoms with Gasteiger partial charge in [-0.2, -0.15) is 0 Å². The number of phenolic OH excluding ortho intramolecular Hbond substituents is 1. The number of H-pyrrole nitrogens is 1. The molecule has 6 heteroatoms. The number of fused-ring (bicyclic) bond motifs is 1. The first-order valence-corrected chi connectivity index (χ1v) is 14.0. The number of aromatic hydroxyl groups is 1. The zero-order valence-electron chi connectivity index (χ0n) is 20.8. The highest BCUT2D eigenvalue weighted by Gasteiger charge is 2.79. The second-order valence-electron chi connectivity index (χ2n) is 12.7. The number of amides is 1. The summed E-state index contributed by atoms with van der Waals surface area (Å²) in [5.74, 6) is 0.699. The third kappa shape index (κ3) is 2.34. The van der Waals surface area contributed by atoms with Crippen LogP contribution >= 0.6 is 0 Å². The lowest BCUT2D eigenvalue weighted by atomic mass is 9.40. The Hall–Kier alpha value is -2.60. The van der Waals surface area contributed by atoms with Crippen LogP contribution in [0.15, 0.2) is 41.5 Å². The van der Waals surface area contributed by atoms with Gasteiger partial charge in [0.2, 0.25) is 0 Å². The largest absolute Gasteiger partial charge is 0.508 e. The first-order valence-electron chi connectivity index (χ1n) is 14.0. The molecular weight excluding hydrogens is 450 g/mol. The highest BCUT2D eigenvalue weighted by Crippen LogP contribution is 2.79. The number of rotatable bonds is 2. The minimum Gasteiger partial charge on any atom is -0.508 e. The van der Waals surface area contributed by atoms with E-state index in [2.05, 4.69) is 22.0 Å². The standard InChI is InChI=1S/C30H35N3O3/c34-22-6-5-19-13-26-28-8-2-9-29(30(28,24(19)14-22)10-12-33(26)21-3-1-4-21)18-32(17-20(29)15-28)27(36)23-16-31-11-7-25(23)35/h5-7,11,14,16,20-21,26,34H,1-4,8-10,12-13,15,17-18H2,(H,31,35)/t20-,26?,28?,29?,30?/m1/s1. The Labute approximate surface area is 211 Å². The van der Waals surface area contributed by atoms with Crippen molar-refractivity contribution < 1.29 is 9.90 Å². The number of aromatic amines is 1. The van der Waals surface area contributed by atoms with Gasteiger partial charge in [-0.1, -0.05) is 18.9 Å². The summed E-state index contributed by atoms with van der Waals surface area (Å²) in [5.41, 5.74) is 3.11. The van der Waals surface area contributed by atoms with E-state index in [1.807, 2.05) is 11.0 Å². The van der Waals surface area contributed by atoms with Crippen LogP contribution in [0.1, 0.15) is 72.9 Å². The maximum absolute atomic E-state index is 13.6. The van der Waals surface area contributed by atoms with Crippen LogP contribution in [0, 0.1) is 16.7 Å². The van der Waals surface area contributed by atoms with E-state index in [1.54, 1.807) is 12.4 Å². The van der Waals surface area contributed by atoms with Gasteiger partial charge in [0, 0.05) is 54.5 Å². The Bertz CT molecular complexity index is 1330. The molecule has 1 amide bonds. The van der Waals surface area contributed by atoms with Gasteiger partial charge in [0.15, 0.2) is 5.43 Å². The number of nitrogens with one attached hydrogen (secondary N) is 1. The summed E-state index contributed by atoms with van der Waals surface area (Å²) < 4.78 is 0. The van der Waals surface area contributed by atoms with E-state index in [4.69, 9.17) is 0 Å². The third-order valence-corrected chi connectivity index (χ3v) is 11.9. The molecule has 2 saturated heterocycles. The molecule has 1 aromatic heterocycles. The van der Waals surface area contributed by atoms with Crippen molar-refractivity contribution in [3.8, 4) is 5.75 Å². The van der Waals surface area contributed by atoms with Crippen LogP contribution in [0.5, 0.6) is 5.75 Å². The van der Waals surface area contributed by atoms with Crippen molar-refractivity contribution >= 4 is 5.91 Å². The zero-order chi connectivity index (χ0) is 24.3. The Morgan fingerprint density at radius 1 is 1.08 bits per heavy atom. The van der Waals surface area contributed by atoms with Crippen LogP contribution < -0.4 is 5.43 Å². The minimum atomic E-state index is -0.203. The van der Waals surface area contributed by atoms with Gasteiger partial charge in [0.1, 0.15) is 11.3 Å². The van der Waals surface area contributed by atoms with Crippen molar-refractivity contribution in [2.45, 2.75) is 75.3 Å². The van der Waals surface area contributed by atoms with Gasteiger partial charge in [-0.15, -0.1) is 0 Å². The number of hydrogen-bond acceptors (Lipinski definition) is 4. The minimum absolute atomic E-state index is 0.00170. The fourth-order valence-corrected chi connectivity index (χ4v) is 10.6. The maximum Gasteiger partial charge on any atom is 0.259 e. The molecule has 36 heavy (non-hydrogen) atoms. The molecule has 0 radical (unpaired) electrons. The Balaban J connectivity index is 1.28. The van der Waals surface area contributed by atoms with Gasteiger partial charge >= 0.3 is 0 Å². The van der Waals surface area contributed by atoms with Crippen molar-refractivity contribution in [2.75, 3.05) is 19.6 Å². The summed E-state index contributed by atoms with van der Waals surface area (Å²) in [4.78, 5) is 34.0. The average Bonchev–Trinajstić information content (AvgIpc) is 3.23. The van der Waals surface area contributed by atoms with E-state index >= 15 is 0 Å². The number of aromatic nitrogens is 1. The van der Waals surface area contributed by atoms with Crippen LogP contribution in [0.4, 0.5) is 0 Å². The lowest BCUT2D eigenvalue weighted by Gasteiger charge is -2.69. The molecule has 2 aromatic rings. The lowest BCUT2D eigenvalue weighted by Crippen LogP contribution is -2.72. The molecular formula is C30H35N3O3. The molecule has 6 nitrogen and oxygen atoms in total. The maximum atomic E-state index is 13.6. The fraction of sp³-hybridized carbons (Fsp3) is 0.600. The molecule has 2 aliphatic heterocycles. The van der Waals surface area contributed by atoms with Crippen molar-refractivity contribution in [1.29, 1.82) is 0 Å². The zero-order valence-corrected chi connectivity index (χ0v) is 20.8. The number of benzene rings is 1. The topological polar surface area (TPSA) is 76.6 Å². The normalized spacial score (nSPS) is 38.7. The first-order chi connectivity index (χ1) is 17.5. The summed E-state index contributed by atoms with van der Waals surface area (Å²) >= 11 is 0. The van der Waals surface area contributed by atoms with E-state index in [-0.39, 0.29) is 33.1 Å². The predicted molar refractivity (Wildman–Crippen MR) is 136 cm³/mol. The van der Waals surface area contributed by atoms with Crippen molar-refractivity contribution in [3.05, 3.63) is 63.6 Å². The summed E-state index contributed by atoms with van der Waals surface area (Å²) in [5, 5.41) is 10.7. The highest BCUT2D eigenvalue weighted by atomic mass is 16.3. The lowest BCUT2D eigenvalue weighted by molar-refractivity contribution is -0.137. The monoisotopic (exact) mass is 485 g/mol. The number of hydrogen-bond donors (Lipinski definition) is 2. The van der Waals surface area contributed by atoms with Crippen LogP contribution in [0.3, 0.4) is 0 Å². The third-order valence-electron chi connectivity index (χ3n) is 11.9. The van der Waals surface area contributed by atoms with Gasteiger partial charge in [-0.3, -0.25) is 14.5 Å². The smallest absolute Gasteiger partial charge is 0.259 e. The predicted octanol–water partition coefficient (Wildman–Crippen LogP) is 3.83. The number of carbonyl (C=O) groups is 1. The van der Waals surface area contributed by atoms with Crippen LogP contribution in [0.2, 0.25) is 0 Å². The van der Waals surface area contributed by atoms with Gasteiger partial charge in [-0.05, 0) is 86.1 Å². The molecule has 1 aromatic carbocycles. The van der Waals surface area contributed by atoms with Gasteiger partial charge in [-0.25, -0.2) is 0 Å². The average molecular weight is 486 g/mol. The van der Waals surface area contributed by atoms with E-state index in [9.17, 15) is 14.7 Å². The molecule has 5 fully saturated rings. The van der Waals surface area contributed by atoms with Gasteiger partial charge in [0.25, 0.3) is 5.91 Å². The van der Waals surface area contributed by atoms with E-state index in [0.717, 1.165) is 44.9 Å². The number of likely N-dealkylation sites (tertiary alicyclic amines) is 2. The van der Waals surface area contributed by atoms with Gasteiger partial charge < -0.3 is 15.0 Å². The number of phenols is 1. The molecule has 3 saturated carbocycles. The molecule has 6 aliphatic rings. The molecule has 3 heterocycles. The molecule has 4 unspecified atom stereocenters. The number of nitrogens with zero attached hydrogens (tertiary/aromatic N) is 2. The molecule has 4 bridgehead atoms. The molecule has 8 rings (SSSR count). The summed E-state index contributed by atoms with van der Waals surface area (Å²) in [7, 11) is 0. The molecule has 5 atom stereocenters. The summed E-state index contributed by atoms with van der Waals surface area (Å²) in [6.07, 6.45) is 14.2. The number of carbonyl (C=O) groups excluding carboxylic acids is 1. The second-order valence-corrected chi connectivity index (χ2v) is 12.7. The number of pyridine rings is 1. The SMILES string of the molecule is O=C(c1c[nH]ccc1=O)N1C[C@H]2CC34CCCC2(C1)C31CCN(C2CCC2)C4Cc2ccc(O)cc21. The first kappa shape index (κ1) is 21.5. The van der Waals surface area contributed by atoms with Gasteiger partial charge in [0.05, 0.1) is 0 Å². The van der Waals surface area contributed by atoms with Crippen LogP contribution in [0.25, 0.3) is 0 Å². The number of piperidine rings is 1. The fourth-order valence-electron chi connectivity index (χ4n) is 10.6. The summed E-state index contributed by atoms with van der Waals surface area (Å²) in [6.45, 7) is 2.62. The Morgan fingerprint density at radius 3 is 2.75 bits per heavy atom. The quantitative estimate of drug-likeness (QED) is 0.678. The molecule has 4 aliphatic carbocycles.